The first-order chi connectivity index (χ1) is 12.6. The molecule has 26 heavy (non-hydrogen) atoms. The number of anilines is 1. The van der Waals surface area contributed by atoms with Crippen LogP contribution in [0.3, 0.4) is 0 Å². The van der Waals surface area contributed by atoms with Crippen LogP contribution < -0.4 is 15.8 Å². The Kier molecular flexibility index (Phi) is 5.93. The van der Waals surface area contributed by atoms with E-state index in [0.717, 1.165) is 49.0 Å². The van der Waals surface area contributed by atoms with Gasteiger partial charge in [0.1, 0.15) is 10.8 Å². The Labute approximate surface area is 157 Å². The van der Waals surface area contributed by atoms with Crippen LogP contribution in [-0.4, -0.2) is 18.4 Å². The molecule has 2 aromatic rings. The van der Waals surface area contributed by atoms with Crippen molar-refractivity contribution in [1.82, 2.24) is 0 Å². The number of carbonyl (C=O) groups is 2. The fourth-order valence-corrected chi connectivity index (χ4v) is 4.48. The van der Waals surface area contributed by atoms with E-state index in [2.05, 4.69) is 12.2 Å². The van der Waals surface area contributed by atoms with Gasteiger partial charge in [0.25, 0.3) is 11.8 Å². The summed E-state index contributed by atoms with van der Waals surface area (Å²) in [5.74, 6) is -0.203. The zero-order valence-electron chi connectivity index (χ0n) is 15.0. The summed E-state index contributed by atoms with van der Waals surface area (Å²) in [4.78, 5) is 25.9. The van der Waals surface area contributed by atoms with Crippen molar-refractivity contribution in [1.29, 1.82) is 0 Å². The van der Waals surface area contributed by atoms with Gasteiger partial charge >= 0.3 is 0 Å². The van der Waals surface area contributed by atoms with Crippen LogP contribution in [0.4, 0.5) is 5.00 Å². The minimum absolute atomic E-state index is 0.279. The molecule has 0 spiro atoms. The summed E-state index contributed by atoms with van der Waals surface area (Å²) in [6.07, 6.45) is 5.89. The SMILES string of the molecule is CCCCOc1ccccc1C(=O)Nc1sc2c(c1C(N)=O)CCCC2. The summed E-state index contributed by atoms with van der Waals surface area (Å²) in [6.45, 7) is 2.66. The molecule has 2 amide bonds. The lowest BCUT2D eigenvalue weighted by molar-refractivity contribution is 0.100. The van der Waals surface area contributed by atoms with Gasteiger partial charge in [0.05, 0.1) is 17.7 Å². The highest BCUT2D eigenvalue weighted by molar-refractivity contribution is 7.17. The molecule has 6 heteroatoms. The first kappa shape index (κ1) is 18.5. The standard InChI is InChI=1S/C20H24N2O3S/c1-2-3-12-25-15-10-6-4-8-13(15)19(24)22-20-17(18(21)23)14-9-5-7-11-16(14)26-20/h4,6,8,10H,2-3,5,7,9,11-12H2,1H3,(H2,21,23)(H,22,24). The van der Waals surface area contributed by atoms with Crippen molar-refractivity contribution in [2.45, 2.75) is 45.4 Å². The number of amides is 2. The molecule has 3 N–H and O–H groups in total. The summed E-state index contributed by atoms with van der Waals surface area (Å²) >= 11 is 1.47. The van der Waals surface area contributed by atoms with Crippen LogP contribution in [0.25, 0.3) is 0 Å². The van der Waals surface area contributed by atoms with Crippen molar-refractivity contribution in [3.63, 3.8) is 0 Å². The molecule has 1 heterocycles. The summed E-state index contributed by atoms with van der Waals surface area (Å²) in [5.41, 5.74) is 7.55. The Morgan fingerprint density at radius 1 is 1.23 bits per heavy atom. The number of benzene rings is 1. The highest BCUT2D eigenvalue weighted by Gasteiger charge is 2.25. The zero-order valence-corrected chi connectivity index (χ0v) is 15.8. The van der Waals surface area contributed by atoms with Gasteiger partial charge < -0.3 is 15.8 Å². The van der Waals surface area contributed by atoms with Crippen LogP contribution in [0.5, 0.6) is 5.75 Å². The summed E-state index contributed by atoms with van der Waals surface area (Å²) in [5, 5.41) is 3.45. The van der Waals surface area contributed by atoms with E-state index < -0.39 is 5.91 Å². The molecule has 1 aromatic heterocycles. The Hall–Kier alpha value is -2.34. The predicted octanol–water partition coefficient (Wildman–Crippen LogP) is 4.16. The first-order valence-electron chi connectivity index (χ1n) is 9.09. The number of carbonyl (C=O) groups excluding carboxylic acids is 2. The number of thiophene rings is 1. The van der Waals surface area contributed by atoms with E-state index in [1.807, 2.05) is 6.07 Å². The highest BCUT2D eigenvalue weighted by Crippen LogP contribution is 2.38. The summed E-state index contributed by atoms with van der Waals surface area (Å²) in [6, 6.07) is 7.17. The number of nitrogens with two attached hydrogens (primary N) is 1. The van der Waals surface area contributed by atoms with Crippen LogP contribution in [0.1, 0.15) is 63.8 Å². The van der Waals surface area contributed by atoms with Gasteiger partial charge in [-0.05, 0) is 49.8 Å². The summed E-state index contributed by atoms with van der Waals surface area (Å²) in [7, 11) is 0. The number of ether oxygens (including phenoxy) is 1. The molecule has 0 unspecified atom stereocenters. The molecule has 1 aliphatic rings. The number of para-hydroxylation sites is 1. The van der Waals surface area contributed by atoms with Crippen LogP contribution in [0.2, 0.25) is 0 Å². The lowest BCUT2D eigenvalue weighted by Gasteiger charge is -2.12. The van der Waals surface area contributed by atoms with Crippen LogP contribution >= 0.6 is 11.3 Å². The highest BCUT2D eigenvalue weighted by atomic mass is 32.1. The van der Waals surface area contributed by atoms with Gasteiger partial charge in [0.15, 0.2) is 0 Å². The lowest BCUT2D eigenvalue weighted by Crippen LogP contribution is -2.19. The smallest absolute Gasteiger partial charge is 0.260 e. The van der Waals surface area contributed by atoms with E-state index in [1.54, 1.807) is 18.2 Å². The molecule has 138 valence electrons. The Morgan fingerprint density at radius 2 is 2.00 bits per heavy atom. The van der Waals surface area contributed by atoms with Crippen molar-refractivity contribution in [2.24, 2.45) is 5.73 Å². The van der Waals surface area contributed by atoms with Gasteiger partial charge in [-0.1, -0.05) is 25.5 Å². The normalized spacial score (nSPS) is 13.1. The molecular formula is C20H24N2O3S. The molecule has 0 saturated heterocycles. The molecule has 1 aliphatic carbocycles. The number of primary amides is 1. The van der Waals surface area contributed by atoms with E-state index >= 15 is 0 Å². The fraction of sp³-hybridized carbons (Fsp3) is 0.400. The third-order valence-corrected chi connectivity index (χ3v) is 5.74. The second-order valence-electron chi connectivity index (χ2n) is 6.43. The molecular weight excluding hydrogens is 348 g/mol. The van der Waals surface area contributed by atoms with Gasteiger partial charge in [-0.25, -0.2) is 0 Å². The topological polar surface area (TPSA) is 81.4 Å². The molecule has 5 nitrogen and oxygen atoms in total. The lowest BCUT2D eigenvalue weighted by atomic mass is 9.95. The average Bonchev–Trinajstić information content (AvgIpc) is 3.00. The third kappa shape index (κ3) is 3.90. The van der Waals surface area contributed by atoms with Gasteiger partial charge in [-0.2, -0.15) is 0 Å². The van der Waals surface area contributed by atoms with Gasteiger partial charge in [0.2, 0.25) is 0 Å². The first-order valence-corrected chi connectivity index (χ1v) is 9.91. The quantitative estimate of drug-likeness (QED) is 0.716. The number of fused-ring (bicyclic) bond motifs is 1. The number of aryl methyl sites for hydroxylation is 1. The average molecular weight is 372 g/mol. The van der Waals surface area contributed by atoms with Crippen LogP contribution in [-0.2, 0) is 12.8 Å². The Morgan fingerprint density at radius 3 is 2.77 bits per heavy atom. The van der Waals surface area contributed by atoms with E-state index in [1.165, 1.54) is 11.3 Å². The monoisotopic (exact) mass is 372 g/mol. The molecule has 0 fully saturated rings. The van der Waals surface area contributed by atoms with Crippen molar-refractivity contribution in [3.8, 4) is 5.75 Å². The number of rotatable bonds is 7. The molecule has 0 radical (unpaired) electrons. The van der Waals surface area contributed by atoms with E-state index in [4.69, 9.17) is 10.5 Å². The zero-order chi connectivity index (χ0) is 18.5. The molecule has 3 rings (SSSR count). The molecule has 0 aliphatic heterocycles. The maximum Gasteiger partial charge on any atom is 0.260 e. The number of nitrogens with one attached hydrogen (secondary N) is 1. The molecule has 1 aromatic carbocycles. The molecule has 0 atom stereocenters. The second kappa shape index (κ2) is 8.36. The number of hydrogen-bond donors (Lipinski definition) is 2. The van der Waals surface area contributed by atoms with Crippen molar-refractivity contribution >= 4 is 28.2 Å². The molecule has 0 bridgehead atoms. The minimum atomic E-state index is -0.479. The molecule has 0 saturated carbocycles. The van der Waals surface area contributed by atoms with Gasteiger partial charge in [0, 0.05) is 4.88 Å². The summed E-state index contributed by atoms with van der Waals surface area (Å²) < 4.78 is 5.75. The number of hydrogen-bond acceptors (Lipinski definition) is 4. The third-order valence-electron chi connectivity index (χ3n) is 4.53. The van der Waals surface area contributed by atoms with Gasteiger partial charge in [-0.15, -0.1) is 11.3 Å². The number of unbranched alkanes of at least 4 members (excludes halogenated alkanes) is 1. The van der Waals surface area contributed by atoms with Gasteiger partial charge in [-0.3, -0.25) is 9.59 Å². The van der Waals surface area contributed by atoms with Crippen molar-refractivity contribution in [3.05, 3.63) is 45.8 Å². The van der Waals surface area contributed by atoms with Crippen molar-refractivity contribution < 1.29 is 14.3 Å². The second-order valence-corrected chi connectivity index (χ2v) is 7.54. The fourth-order valence-electron chi connectivity index (χ4n) is 3.19. The maximum absolute atomic E-state index is 12.8. The largest absolute Gasteiger partial charge is 0.493 e. The van der Waals surface area contributed by atoms with E-state index in [9.17, 15) is 9.59 Å². The minimum Gasteiger partial charge on any atom is -0.493 e. The van der Waals surface area contributed by atoms with Crippen molar-refractivity contribution in [2.75, 3.05) is 11.9 Å². The maximum atomic E-state index is 12.8. The Balaban J connectivity index is 1.85. The van der Waals surface area contributed by atoms with E-state index in [0.29, 0.717) is 28.5 Å². The predicted molar refractivity (Wildman–Crippen MR) is 104 cm³/mol. The van der Waals surface area contributed by atoms with Crippen LogP contribution in [0, 0.1) is 0 Å². The van der Waals surface area contributed by atoms with E-state index in [-0.39, 0.29) is 5.91 Å². The van der Waals surface area contributed by atoms with Crippen LogP contribution in [0.15, 0.2) is 24.3 Å². The Bertz CT molecular complexity index is 813.